The van der Waals surface area contributed by atoms with Crippen molar-refractivity contribution >= 4 is 17.5 Å². The van der Waals surface area contributed by atoms with Crippen LogP contribution in [0.2, 0.25) is 0 Å². The van der Waals surface area contributed by atoms with Crippen molar-refractivity contribution in [1.29, 1.82) is 0 Å². The molecule has 0 atom stereocenters. The molecule has 0 saturated heterocycles. The summed E-state index contributed by atoms with van der Waals surface area (Å²) >= 11 is 0. The van der Waals surface area contributed by atoms with Crippen LogP contribution in [0.1, 0.15) is 35.3 Å². The molecular formula is C28H33N3O3. The second kappa shape index (κ2) is 11.5. The minimum atomic E-state index is -0.209. The number of nitrogens with zero attached hydrogens (tertiary/aromatic N) is 1. The predicted octanol–water partition coefficient (Wildman–Crippen LogP) is 4.50. The molecule has 6 nitrogen and oxygen atoms in total. The van der Waals surface area contributed by atoms with Gasteiger partial charge in [0.25, 0.3) is 5.91 Å². The molecule has 34 heavy (non-hydrogen) atoms. The van der Waals surface area contributed by atoms with Gasteiger partial charge in [0.2, 0.25) is 5.91 Å². The molecule has 3 N–H and O–H groups in total. The number of carbonyl (C=O) groups is 2. The average molecular weight is 460 g/mol. The van der Waals surface area contributed by atoms with Crippen LogP contribution in [0.5, 0.6) is 5.75 Å². The van der Waals surface area contributed by atoms with Crippen LogP contribution in [-0.2, 0) is 17.8 Å². The summed E-state index contributed by atoms with van der Waals surface area (Å²) in [6.45, 7) is 5.58. The second-order valence-electron chi connectivity index (χ2n) is 9.17. The highest BCUT2D eigenvalue weighted by molar-refractivity contribution is 5.94. The van der Waals surface area contributed by atoms with E-state index in [0.29, 0.717) is 30.9 Å². The lowest BCUT2D eigenvalue weighted by Crippen LogP contribution is -2.41. The normalized spacial score (nSPS) is 11.1. The Labute approximate surface area is 201 Å². The molecule has 6 heteroatoms. The van der Waals surface area contributed by atoms with Crippen LogP contribution >= 0.6 is 0 Å². The monoisotopic (exact) mass is 459 g/mol. The zero-order valence-electron chi connectivity index (χ0n) is 20.1. The molecular weight excluding hydrogens is 426 g/mol. The van der Waals surface area contributed by atoms with Crippen LogP contribution in [0.25, 0.3) is 0 Å². The number of benzene rings is 3. The van der Waals surface area contributed by atoms with Crippen molar-refractivity contribution in [2.75, 3.05) is 25.5 Å². The van der Waals surface area contributed by atoms with Crippen LogP contribution in [0.3, 0.4) is 0 Å². The standard InChI is InChI=1S/C28H33N3O3/c1-28(2,19-29)20-31(27(33)23-7-5-4-6-8-23)18-22-9-13-24(14-10-22)30-26(32)17-21-11-15-25(34-3)16-12-21/h4-16H,17-20,29H2,1-3H3,(H,30,32). The van der Waals surface area contributed by atoms with Crippen LogP contribution in [0.4, 0.5) is 5.69 Å². The molecule has 0 aromatic heterocycles. The Kier molecular flexibility index (Phi) is 8.44. The first kappa shape index (κ1) is 25.0. The number of amides is 2. The first-order valence-corrected chi connectivity index (χ1v) is 11.4. The van der Waals surface area contributed by atoms with E-state index in [0.717, 1.165) is 16.9 Å². The summed E-state index contributed by atoms with van der Waals surface area (Å²) in [6.07, 6.45) is 0.277. The third kappa shape index (κ3) is 7.18. The predicted molar refractivity (Wildman–Crippen MR) is 136 cm³/mol. The summed E-state index contributed by atoms with van der Waals surface area (Å²) in [6, 6.07) is 24.3. The molecule has 0 fully saturated rings. The number of carbonyl (C=O) groups excluding carboxylic acids is 2. The zero-order chi connectivity index (χ0) is 24.6. The highest BCUT2D eigenvalue weighted by atomic mass is 16.5. The maximum absolute atomic E-state index is 13.2. The van der Waals surface area contributed by atoms with Crippen molar-refractivity contribution in [3.63, 3.8) is 0 Å². The molecule has 178 valence electrons. The van der Waals surface area contributed by atoms with Crippen molar-refractivity contribution in [3.8, 4) is 5.75 Å². The number of ether oxygens (including phenoxy) is 1. The van der Waals surface area contributed by atoms with Crippen LogP contribution in [0.15, 0.2) is 78.9 Å². The number of nitrogens with one attached hydrogen (secondary N) is 1. The van der Waals surface area contributed by atoms with Gasteiger partial charge in [0, 0.05) is 24.3 Å². The zero-order valence-corrected chi connectivity index (χ0v) is 20.1. The van der Waals surface area contributed by atoms with Gasteiger partial charge in [-0.3, -0.25) is 9.59 Å². The summed E-state index contributed by atoms with van der Waals surface area (Å²) in [7, 11) is 1.61. The molecule has 0 aliphatic carbocycles. The minimum Gasteiger partial charge on any atom is -0.497 e. The molecule has 0 aliphatic heterocycles. The van der Waals surface area contributed by atoms with Crippen LogP contribution in [-0.4, -0.2) is 36.9 Å². The lowest BCUT2D eigenvalue weighted by molar-refractivity contribution is -0.115. The lowest BCUT2D eigenvalue weighted by atomic mass is 9.92. The highest BCUT2D eigenvalue weighted by Crippen LogP contribution is 2.20. The van der Waals surface area contributed by atoms with Crippen molar-refractivity contribution in [3.05, 3.63) is 95.6 Å². The third-order valence-corrected chi connectivity index (χ3v) is 5.61. The first-order chi connectivity index (χ1) is 16.3. The van der Waals surface area contributed by atoms with E-state index in [4.69, 9.17) is 10.5 Å². The lowest BCUT2D eigenvalue weighted by Gasteiger charge is -2.32. The Balaban J connectivity index is 1.65. The Hall–Kier alpha value is -3.64. The number of hydrogen-bond acceptors (Lipinski definition) is 4. The topological polar surface area (TPSA) is 84.7 Å². The van der Waals surface area contributed by atoms with Gasteiger partial charge in [-0.15, -0.1) is 0 Å². The molecule has 3 rings (SSSR count). The summed E-state index contributed by atoms with van der Waals surface area (Å²) in [5.74, 6) is 0.636. The number of anilines is 1. The van der Waals surface area contributed by atoms with E-state index in [2.05, 4.69) is 19.2 Å². The first-order valence-electron chi connectivity index (χ1n) is 11.4. The van der Waals surface area contributed by atoms with Gasteiger partial charge in [-0.1, -0.05) is 56.3 Å². The van der Waals surface area contributed by atoms with Gasteiger partial charge in [-0.2, -0.15) is 0 Å². The molecule has 3 aromatic rings. The summed E-state index contributed by atoms with van der Waals surface area (Å²) in [5, 5.41) is 2.93. The number of hydrogen-bond donors (Lipinski definition) is 2. The molecule has 2 amide bonds. The van der Waals surface area contributed by atoms with Crippen molar-refractivity contribution < 1.29 is 14.3 Å². The van der Waals surface area contributed by atoms with E-state index < -0.39 is 0 Å². The fourth-order valence-corrected chi connectivity index (χ4v) is 3.59. The smallest absolute Gasteiger partial charge is 0.254 e. The van der Waals surface area contributed by atoms with Gasteiger partial charge in [0.15, 0.2) is 0 Å². The third-order valence-electron chi connectivity index (χ3n) is 5.61. The van der Waals surface area contributed by atoms with E-state index in [9.17, 15) is 9.59 Å². The largest absolute Gasteiger partial charge is 0.497 e. The van der Waals surface area contributed by atoms with Gasteiger partial charge in [0.05, 0.1) is 13.5 Å². The fourth-order valence-electron chi connectivity index (χ4n) is 3.59. The Morgan fingerprint density at radius 3 is 2.12 bits per heavy atom. The van der Waals surface area contributed by atoms with E-state index in [1.54, 1.807) is 7.11 Å². The maximum Gasteiger partial charge on any atom is 0.254 e. The summed E-state index contributed by atoms with van der Waals surface area (Å²) in [4.78, 5) is 27.5. The molecule has 0 heterocycles. The molecule has 0 spiro atoms. The summed E-state index contributed by atoms with van der Waals surface area (Å²) in [5.41, 5.74) is 8.98. The SMILES string of the molecule is COc1ccc(CC(=O)Nc2ccc(CN(CC(C)(C)CN)C(=O)c3ccccc3)cc2)cc1. The minimum absolute atomic E-state index is 0.0287. The summed E-state index contributed by atoms with van der Waals surface area (Å²) < 4.78 is 5.15. The van der Waals surface area contributed by atoms with E-state index in [1.165, 1.54) is 0 Å². The number of rotatable bonds is 10. The van der Waals surface area contributed by atoms with Gasteiger partial charge >= 0.3 is 0 Å². The molecule has 3 aromatic carbocycles. The maximum atomic E-state index is 13.2. The second-order valence-corrected chi connectivity index (χ2v) is 9.17. The van der Waals surface area contributed by atoms with Gasteiger partial charge in [-0.25, -0.2) is 0 Å². The quantitative estimate of drug-likeness (QED) is 0.467. The van der Waals surface area contributed by atoms with E-state index in [1.807, 2.05) is 83.8 Å². The number of nitrogens with two attached hydrogens (primary N) is 1. The van der Waals surface area contributed by atoms with E-state index >= 15 is 0 Å². The average Bonchev–Trinajstić information content (AvgIpc) is 2.85. The Morgan fingerprint density at radius 2 is 1.53 bits per heavy atom. The number of methoxy groups -OCH3 is 1. The van der Waals surface area contributed by atoms with Crippen LogP contribution in [0, 0.1) is 5.41 Å². The molecule has 0 aliphatic rings. The molecule has 0 unspecified atom stereocenters. The van der Waals surface area contributed by atoms with Gasteiger partial charge < -0.3 is 20.7 Å². The van der Waals surface area contributed by atoms with E-state index in [-0.39, 0.29) is 23.7 Å². The fraction of sp³-hybridized carbons (Fsp3) is 0.286. The van der Waals surface area contributed by atoms with Crippen molar-refractivity contribution in [1.82, 2.24) is 4.90 Å². The van der Waals surface area contributed by atoms with Crippen LogP contribution < -0.4 is 15.8 Å². The highest BCUT2D eigenvalue weighted by Gasteiger charge is 2.24. The Morgan fingerprint density at radius 1 is 0.912 bits per heavy atom. The van der Waals surface area contributed by atoms with Crippen molar-refractivity contribution in [2.45, 2.75) is 26.8 Å². The molecule has 0 bridgehead atoms. The molecule has 0 saturated carbocycles. The van der Waals surface area contributed by atoms with Crippen molar-refractivity contribution in [2.24, 2.45) is 11.1 Å². The Bertz CT molecular complexity index is 1080. The van der Waals surface area contributed by atoms with Gasteiger partial charge in [-0.05, 0) is 59.5 Å². The van der Waals surface area contributed by atoms with Gasteiger partial charge in [0.1, 0.15) is 5.75 Å². The molecule has 0 radical (unpaired) electrons.